The maximum absolute atomic E-state index is 10.8. The van der Waals surface area contributed by atoms with Gasteiger partial charge in [0.15, 0.2) is 10.3 Å². The molecule has 0 bridgehead atoms. The minimum atomic E-state index is -0.586. The fourth-order valence-corrected chi connectivity index (χ4v) is 2.44. The van der Waals surface area contributed by atoms with Gasteiger partial charge in [-0.1, -0.05) is 11.6 Å². The van der Waals surface area contributed by atoms with Crippen molar-refractivity contribution in [3.63, 3.8) is 0 Å². The molecule has 0 aliphatic heterocycles. The van der Waals surface area contributed by atoms with Crippen molar-refractivity contribution < 1.29 is 9.72 Å². The third-order valence-electron chi connectivity index (χ3n) is 2.32. The standard InChI is InChI=1S/C10H13ClN4O3S/c1-3-14(5-8-4-12-10(11)19-8)9(6-15(17)18)13(2)7-16/h4,6-7H,3,5H2,1-2H3/b9-6+. The summed E-state index contributed by atoms with van der Waals surface area (Å²) in [6.07, 6.45) is 2.94. The highest BCUT2D eigenvalue weighted by Gasteiger charge is 2.17. The van der Waals surface area contributed by atoms with Crippen LogP contribution in [-0.4, -0.2) is 39.7 Å². The van der Waals surface area contributed by atoms with Crippen molar-refractivity contribution in [3.8, 4) is 0 Å². The molecular formula is C10H13ClN4O3S. The van der Waals surface area contributed by atoms with Gasteiger partial charge in [0.1, 0.15) is 0 Å². The predicted octanol–water partition coefficient (Wildman–Crippen LogP) is 1.78. The maximum atomic E-state index is 10.8. The second-order valence-corrected chi connectivity index (χ2v) is 5.28. The van der Waals surface area contributed by atoms with Crippen molar-refractivity contribution in [2.75, 3.05) is 13.6 Å². The van der Waals surface area contributed by atoms with E-state index in [1.807, 2.05) is 6.92 Å². The summed E-state index contributed by atoms with van der Waals surface area (Å²) < 4.78 is 0.412. The van der Waals surface area contributed by atoms with Gasteiger partial charge in [0.25, 0.3) is 6.20 Å². The molecule has 0 aliphatic carbocycles. The van der Waals surface area contributed by atoms with Gasteiger partial charge < -0.3 is 4.90 Å². The molecule has 0 unspecified atom stereocenters. The number of rotatable bonds is 7. The summed E-state index contributed by atoms with van der Waals surface area (Å²) >= 11 is 7.04. The summed E-state index contributed by atoms with van der Waals surface area (Å²) in [5.41, 5.74) is 0. The minimum absolute atomic E-state index is 0.215. The Morgan fingerprint density at radius 1 is 1.68 bits per heavy atom. The van der Waals surface area contributed by atoms with Crippen LogP contribution in [0.25, 0.3) is 0 Å². The Morgan fingerprint density at radius 3 is 2.79 bits per heavy atom. The molecule has 9 heteroatoms. The molecule has 0 atom stereocenters. The van der Waals surface area contributed by atoms with Gasteiger partial charge in [-0.3, -0.25) is 19.8 Å². The maximum Gasteiger partial charge on any atom is 0.274 e. The van der Waals surface area contributed by atoms with E-state index in [2.05, 4.69) is 4.98 Å². The Hall–Kier alpha value is -1.67. The van der Waals surface area contributed by atoms with Gasteiger partial charge >= 0.3 is 0 Å². The van der Waals surface area contributed by atoms with Crippen LogP contribution in [0.3, 0.4) is 0 Å². The van der Waals surface area contributed by atoms with Gasteiger partial charge in [0.05, 0.1) is 11.5 Å². The van der Waals surface area contributed by atoms with Crippen LogP contribution in [0.15, 0.2) is 18.2 Å². The topological polar surface area (TPSA) is 79.6 Å². The number of carbonyl (C=O) groups is 1. The molecule has 0 radical (unpaired) electrons. The highest BCUT2D eigenvalue weighted by Crippen LogP contribution is 2.21. The third kappa shape index (κ3) is 4.49. The first-order valence-corrected chi connectivity index (χ1v) is 6.56. The van der Waals surface area contributed by atoms with Gasteiger partial charge in [0.2, 0.25) is 6.41 Å². The lowest BCUT2D eigenvalue weighted by atomic mass is 10.4. The summed E-state index contributed by atoms with van der Waals surface area (Å²) in [6, 6.07) is 0. The number of thiazole rings is 1. The monoisotopic (exact) mass is 304 g/mol. The van der Waals surface area contributed by atoms with Crippen LogP contribution in [0.4, 0.5) is 0 Å². The van der Waals surface area contributed by atoms with Crippen LogP contribution in [0, 0.1) is 10.1 Å². The molecular weight excluding hydrogens is 292 g/mol. The average molecular weight is 305 g/mol. The van der Waals surface area contributed by atoms with E-state index >= 15 is 0 Å². The number of aromatic nitrogens is 1. The second kappa shape index (κ2) is 7.05. The average Bonchev–Trinajstić information content (AvgIpc) is 2.77. The lowest BCUT2D eigenvalue weighted by molar-refractivity contribution is -0.405. The molecule has 0 saturated carbocycles. The van der Waals surface area contributed by atoms with Crippen LogP contribution in [0.5, 0.6) is 0 Å². The Kier molecular flexibility index (Phi) is 5.71. The Bertz CT molecular complexity index is 491. The molecule has 0 aliphatic rings. The van der Waals surface area contributed by atoms with Crippen molar-refractivity contribution in [2.45, 2.75) is 13.5 Å². The van der Waals surface area contributed by atoms with E-state index in [0.29, 0.717) is 24.0 Å². The van der Waals surface area contributed by atoms with E-state index in [4.69, 9.17) is 11.6 Å². The zero-order chi connectivity index (χ0) is 14.4. The molecule has 1 aromatic heterocycles. The lowest BCUT2D eigenvalue weighted by Crippen LogP contribution is -2.32. The quantitative estimate of drug-likeness (QED) is 0.436. The van der Waals surface area contributed by atoms with E-state index in [-0.39, 0.29) is 5.82 Å². The van der Waals surface area contributed by atoms with Crippen molar-refractivity contribution in [2.24, 2.45) is 0 Å². The van der Waals surface area contributed by atoms with Crippen molar-refractivity contribution in [3.05, 3.63) is 37.7 Å². The first kappa shape index (κ1) is 15.4. The Morgan fingerprint density at radius 2 is 2.37 bits per heavy atom. The lowest BCUT2D eigenvalue weighted by Gasteiger charge is -2.27. The molecule has 104 valence electrons. The number of halogens is 1. The van der Waals surface area contributed by atoms with E-state index in [0.717, 1.165) is 16.0 Å². The van der Waals surface area contributed by atoms with Gasteiger partial charge in [-0.2, -0.15) is 0 Å². The second-order valence-electron chi connectivity index (χ2n) is 3.58. The van der Waals surface area contributed by atoms with Gasteiger partial charge in [-0.25, -0.2) is 4.98 Å². The van der Waals surface area contributed by atoms with Gasteiger partial charge in [-0.05, 0) is 6.92 Å². The SMILES string of the molecule is CCN(Cc1cnc(Cl)s1)/C(=C/[N+](=O)[O-])N(C)C=O. The largest absolute Gasteiger partial charge is 0.348 e. The zero-order valence-corrected chi connectivity index (χ0v) is 12.0. The normalized spacial score (nSPS) is 11.2. The van der Waals surface area contributed by atoms with Gasteiger partial charge in [0, 0.05) is 24.7 Å². The third-order valence-corrected chi connectivity index (χ3v) is 3.42. The molecule has 19 heavy (non-hydrogen) atoms. The van der Waals surface area contributed by atoms with Crippen molar-refractivity contribution in [1.29, 1.82) is 0 Å². The number of carbonyl (C=O) groups excluding carboxylic acids is 1. The first-order valence-electron chi connectivity index (χ1n) is 5.36. The summed E-state index contributed by atoms with van der Waals surface area (Å²) in [7, 11) is 1.46. The van der Waals surface area contributed by atoms with Crippen LogP contribution in [0.2, 0.25) is 4.47 Å². The fraction of sp³-hybridized carbons (Fsp3) is 0.400. The first-order chi connectivity index (χ1) is 8.97. The molecule has 7 nitrogen and oxygen atoms in total. The molecule has 1 rings (SSSR count). The van der Waals surface area contributed by atoms with E-state index in [9.17, 15) is 14.9 Å². The molecule has 0 N–H and O–H groups in total. The molecule has 0 fully saturated rings. The summed E-state index contributed by atoms with van der Waals surface area (Å²) in [5, 5.41) is 10.6. The number of amides is 1. The molecule has 0 spiro atoms. The predicted molar refractivity (Wildman–Crippen MR) is 72.1 cm³/mol. The smallest absolute Gasteiger partial charge is 0.274 e. The minimum Gasteiger partial charge on any atom is -0.348 e. The van der Waals surface area contributed by atoms with Crippen LogP contribution >= 0.6 is 22.9 Å². The number of nitrogens with zero attached hydrogens (tertiary/aromatic N) is 4. The van der Waals surface area contributed by atoms with E-state index in [1.165, 1.54) is 18.4 Å². The summed E-state index contributed by atoms with van der Waals surface area (Å²) in [4.78, 5) is 28.5. The van der Waals surface area contributed by atoms with Crippen LogP contribution < -0.4 is 0 Å². The van der Waals surface area contributed by atoms with Crippen LogP contribution in [0.1, 0.15) is 11.8 Å². The number of hydrogen-bond acceptors (Lipinski definition) is 6. The number of nitro groups is 1. The Balaban J connectivity index is 2.96. The van der Waals surface area contributed by atoms with Crippen molar-refractivity contribution in [1.82, 2.24) is 14.8 Å². The van der Waals surface area contributed by atoms with E-state index < -0.39 is 4.92 Å². The molecule has 1 aromatic rings. The molecule has 0 aromatic carbocycles. The highest BCUT2D eigenvalue weighted by atomic mass is 35.5. The van der Waals surface area contributed by atoms with E-state index in [1.54, 1.807) is 11.1 Å². The molecule has 1 heterocycles. The van der Waals surface area contributed by atoms with Crippen molar-refractivity contribution >= 4 is 29.3 Å². The molecule has 0 saturated heterocycles. The Labute approximate surface area is 119 Å². The van der Waals surface area contributed by atoms with Gasteiger partial charge in [-0.15, -0.1) is 11.3 Å². The fourth-order valence-electron chi connectivity index (χ4n) is 1.44. The zero-order valence-electron chi connectivity index (χ0n) is 10.4. The summed E-state index contributed by atoms with van der Waals surface area (Å²) in [5.74, 6) is 0.215. The highest BCUT2D eigenvalue weighted by molar-refractivity contribution is 7.15. The number of hydrogen-bond donors (Lipinski definition) is 0. The van der Waals surface area contributed by atoms with Crippen LogP contribution in [-0.2, 0) is 11.3 Å². The summed E-state index contributed by atoms with van der Waals surface area (Å²) in [6.45, 7) is 2.75. The molecule has 1 amide bonds.